The van der Waals surface area contributed by atoms with Crippen LogP contribution < -0.4 is 5.32 Å². The summed E-state index contributed by atoms with van der Waals surface area (Å²) < 4.78 is 0. The van der Waals surface area contributed by atoms with E-state index in [4.69, 9.17) is 5.11 Å². The molecule has 5 heteroatoms. The van der Waals surface area contributed by atoms with Crippen molar-refractivity contribution in [3.8, 4) is 0 Å². The van der Waals surface area contributed by atoms with Crippen molar-refractivity contribution in [3.05, 3.63) is 65.7 Å². The van der Waals surface area contributed by atoms with Crippen molar-refractivity contribution in [1.82, 2.24) is 0 Å². The van der Waals surface area contributed by atoms with E-state index in [-0.39, 0.29) is 11.7 Å². The minimum Gasteiger partial charge on any atom is -0.481 e. The molecule has 1 aliphatic carbocycles. The molecule has 1 fully saturated rings. The molecule has 0 unspecified atom stereocenters. The molecule has 4 nitrogen and oxygen atoms in total. The summed E-state index contributed by atoms with van der Waals surface area (Å²) in [7, 11) is 0. The zero-order chi connectivity index (χ0) is 17.7. The lowest BCUT2D eigenvalue weighted by atomic mass is 9.64. The van der Waals surface area contributed by atoms with Crippen molar-refractivity contribution in [3.63, 3.8) is 0 Å². The molecule has 1 saturated carbocycles. The summed E-state index contributed by atoms with van der Waals surface area (Å²) in [6, 6.07) is 17.6. The maximum atomic E-state index is 12.9. The average Bonchev–Trinajstić information content (AvgIpc) is 2.55. The summed E-state index contributed by atoms with van der Waals surface area (Å²) in [5.74, 6) is -0.0855. The maximum absolute atomic E-state index is 12.9. The highest BCUT2D eigenvalue weighted by Gasteiger charge is 2.45. The van der Waals surface area contributed by atoms with Crippen LogP contribution in [0.3, 0.4) is 0 Å². The van der Waals surface area contributed by atoms with E-state index in [1.165, 1.54) is 11.8 Å². The van der Waals surface area contributed by atoms with Crippen LogP contribution in [0.4, 0.5) is 5.69 Å². The zero-order valence-corrected chi connectivity index (χ0v) is 14.7. The van der Waals surface area contributed by atoms with E-state index < -0.39 is 11.4 Å². The number of anilines is 1. The fourth-order valence-electron chi connectivity index (χ4n) is 3.18. The van der Waals surface area contributed by atoms with Crippen LogP contribution in [0.2, 0.25) is 0 Å². The lowest BCUT2D eigenvalue weighted by molar-refractivity contribution is -0.134. The maximum Gasteiger partial charge on any atom is 0.313 e. The van der Waals surface area contributed by atoms with Crippen LogP contribution >= 0.6 is 11.8 Å². The number of hydrogen-bond acceptors (Lipinski definition) is 3. The SMILES string of the molecule is O=C(O)CSCc1cccc(NC(=O)C2(c3ccccc3)CCC2)c1. The van der Waals surface area contributed by atoms with Gasteiger partial charge in [0.25, 0.3) is 0 Å². The van der Waals surface area contributed by atoms with E-state index in [0.29, 0.717) is 5.75 Å². The summed E-state index contributed by atoms with van der Waals surface area (Å²) >= 11 is 1.35. The Balaban J connectivity index is 1.69. The van der Waals surface area contributed by atoms with Crippen molar-refractivity contribution in [2.75, 3.05) is 11.1 Å². The third-order valence-electron chi connectivity index (χ3n) is 4.65. The average molecular weight is 355 g/mol. The van der Waals surface area contributed by atoms with Crippen molar-refractivity contribution in [2.24, 2.45) is 0 Å². The molecule has 2 aromatic carbocycles. The monoisotopic (exact) mass is 355 g/mol. The Bertz CT molecular complexity index is 757. The molecule has 0 radical (unpaired) electrons. The Hall–Kier alpha value is -2.27. The number of amides is 1. The number of aliphatic carboxylic acids is 1. The molecule has 25 heavy (non-hydrogen) atoms. The molecule has 130 valence electrons. The molecule has 0 aromatic heterocycles. The van der Waals surface area contributed by atoms with E-state index in [2.05, 4.69) is 5.32 Å². The predicted octanol–water partition coefficient (Wildman–Crippen LogP) is 4.06. The molecule has 2 aromatic rings. The number of nitrogens with one attached hydrogen (secondary N) is 1. The number of thioether (sulfide) groups is 1. The smallest absolute Gasteiger partial charge is 0.313 e. The summed E-state index contributed by atoms with van der Waals surface area (Å²) in [6.07, 6.45) is 2.81. The highest BCUT2D eigenvalue weighted by atomic mass is 32.2. The third kappa shape index (κ3) is 4.04. The first-order chi connectivity index (χ1) is 12.1. The van der Waals surface area contributed by atoms with Crippen LogP contribution in [-0.4, -0.2) is 22.7 Å². The number of carbonyl (C=O) groups is 2. The number of rotatable bonds is 7. The fraction of sp³-hybridized carbons (Fsp3) is 0.300. The van der Waals surface area contributed by atoms with Gasteiger partial charge in [0.15, 0.2) is 0 Å². The van der Waals surface area contributed by atoms with E-state index in [9.17, 15) is 9.59 Å². The second-order valence-electron chi connectivity index (χ2n) is 6.34. The second kappa shape index (κ2) is 7.74. The quantitative estimate of drug-likeness (QED) is 0.786. The van der Waals surface area contributed by atoms with Gasteiger partial charge in [0.2, 0.25) is 5.91 Å². The van der Waals surface area contributed by atoms with Gasteiger partial charge < -0.3 is 10.4 Å². The third-order valence-corrected chi connectivity index (χ3v) is 5.64. The van der Waals surface area contributed by atoms with Crippen LogP contribution in [0.1, 0.15) is 30.4 Å². The standard InChI is InChI=1S/C20H21NO3S/c22-18(23)14-25-13-15-6-4-9-17(12-15)21-19(24)20(10-5-11-20)16-7-2-1-3-8-16/h1-4,6-9,12H,5,10-11,13-14H2,(H,21,24)(H,22,23). The number of carboxylic acids is 1. The van der Waals surface area contributed by atoms with Crippen molar-refractivity contribution in [2.45, 2.75) is 30.4 Å². The zero-order valence-electron chi connectivity index (χ0n) is 13.9. The predicted molar refractivity (Wildman–Crippen MR) is 101 cm³/mol. The Morgan fingerprint density at radius 2 is 1.84 bits per heavy atom. The van der Waals surface area contributed by atoms with E-state index in [0.717, 1.165) is 36.1 Å². The van der Waals surface area contributed by atoms with Crippen LogP contribution in [0.25, 0.3) is 0 Å². The Kier molecular flexibility index (Phi) is 5.43. The lowest BCUT2D eigenvalue weighted by Gasteiger charge is -2.40. The van der Waals surface area contributed by atoms with Crippen molar-refractivity contribution < 1.29 is 14.7 Å². The molecule has 1 amide bonds. The molecule has 0 bridgehead atoms. The Morgan fingerprint density at radius 3 is 2.48 bits per heavy atom. The summed E-state index contributed by atoms with van der Waals surface area (Å²) in [5.41, 5.74) is 2.42. The van der Waals surface area contributed by atoms with E-state index in [1.54, 1.807) is 0 Å². The topological polar surface area (TPSA) is 66.4 Å². The number of hydrogen-bond donors (Lipinski definition) is 2. The molecule has 2 N–H and O–H groups in total. The largest absolute Gasteiger partial charge is 0.481 e. The molecule has 1 aliphatic rings. The van der Waals surface area contributed by atoms with Gasteiger partial charge in [0, 0.05) is 11.4 Å². The fourth-order valence-corrected chi connectivity index (χ4v) is 3.87. The van der Waals surface area contributed by atoms with Crippen LogP contribution in [0, 0.1) is 0 Å². The minimum absolute atomic E-state index is 0.0419. The van der Waals surface area contributed by atoms with Gasteiger partial charge in [-0.05, 0) is 36.1 Å². The van der Waals surface area contributed by atoms with Crippen molar-refractivity contribution >= 4 is 29.3 Å². The first-order valence-electron chi connectivity index (χ1n) is 8.36. The van der Waals surface area contributed by atoms with Gasteiger partial charge in [-0.3, -0.25) is 9.59 Å². The van der Waals surface area contributed by atoms with Gasteiger partial charge in [0.05, 0.1) is 11.2 Å². The van der Waals surface area contributed by atoms with Crippen LogP contribution in [0.5, 0.6) is 0 Å². The Morgan fingerprint density at radius 1 is 1.08 bits per heavy atom. The lowest BCUT2D eigenvalue weighted by Crippen LogP contribution is -2.45. The summed E-state index contributed by atoms with van der Waals surface area (Å²) in [6.45, 7) is 0. The molecule has 0 spiro atoms. The molecule has 0 saturated heterocycles. The molecular weight excluding hydrogens is 334 g/mol. The van der Waals surface area contributed by atoms with E-state index >= 15 is 0 Å². The molecule has 0 heterocycles. The summed E-state index contributed by atoms with van der Waals surface area (Å²) in [5, 5.41) is 11.8. The van der Waals surface area contributed by atoms with Gasteiger partial charge in [-0.2, -0.15) is 0 Å². The first kappa shape index (κ1) is 17.5. The molecular formula is C20H21NO3S. The number of benzene rings is 2. The highest BCUT2D eigenvalue weighted by Crippen LogP contribution is 2.44. The van der Waals surface area contributed by atoms with Crippen LogP contribution in [0.15, 0.2) is 54.6 Å². The Labute approximate surface area is 151 Å². The molecule has 0 atom stereocenters. The van der Waals surface area contributed by atoms with E-state index in [1.807, 2.05) is 54.6 Å². The van der Waals surface area contributed by atoms with Gasteiger partial charge in [-0.15, -0.1) is 11.8 Å². The van der Waals surface area contributed by atoms with Crippen molar-refractivity contribution in [1.29, 1.82) is 0 Å². The number of carbonyl (C=O) groups excluding carboxylic acids is 1. The van der Waals surface area contributed by atoms with Gasteiger partial charge in [0.1, 0.15) is 0 Å². The summed E-state index contributed by atoms with van der Waals surface area (Å²) in [4.78, 5) is 23.5. The van der Waals surface area contributed by atoms with Gasteiger partial charge >= 0.3 is 5.97 Å². The molecule has 0 aliphatic heterocycles. The first-order valence-corrected chi connectivity index (χ1v) is 9.51. The van der Waals surface area contributed by atoms with Crippen LogP contribution in [-0.2, 0) is 20.8 Å². The molecule has 3 rings (SSSR count). The second-order valence-corrected chi connectivity index (χ2v) is 7.33. The van der Waals surface area contributed by atoms with Gasteiger partial charge in [-0.1, -0.05) is 48.9 Å². The van der Waals surface area contributed by atoms with Gasteiger partial charge in [-0.25, -0.2) is 0 Å². The highest BCUT2D eigenvalue weighted by molar-refractivity contribution is 7.99. The minimum atomic E-state index is -0.816. The number of carboxylic acid groups (broad SMARTS) is 1. The normalized spacial score (nSPS) is 15.2.